The summed E-state index contributed by atoms with van der Waals surface area (Å²) < 4.78 is 7.46. The molecule has 1 amide bonds. The maximum absolute atomic E-state index is 13.0. The van der Waals surface area contributed by atoms with Crippen molar-refractivity contribution in [2.24, 2.45) is 0 Å². The molecule has 0 saturated heterocycles. The van der Waals surface area contributed by atoms with Crippen molar-refractivity contribution in [2.45, 2.75) is 26.4 Å². The van der Waals surface area contributed by atoms with Gasteiger partial charge in [-0.05, 0) is 26.0 Å². The van der Waals surface area contributed by atoms with Crippen LogP contribution in [0.2, 0.25) is 0 Å². The van der Waals surface area contributed by atoms with E-state index in [-0.39, 0.29) is 5.91 Å². The molecule has 1 unspecified atom stereocenters. The number of ether oxygens (including phenoxy) is 1. The molecule has 30 heavy (non-hydrogen) atoms. The minimum atomic E-state index is -0.452. The molecule has 1 heterocycles. The predicted octanol–water partition coefficient (Wildman–Crippen LogP) is 4.98. The molecule has 152 valence electrons. The molecule has 0 aliphatic carbocycles. The lowest BCUT2D eigenvalue weighted by Gasteiger charge is -2.15. The first kappa shape index (κ1) is 19.7. The fourth-order valence-electron chi connectivity index (χ4n) is 3.58. The lowest BCUT2D eigenvalue weighted by molar-refractivity contribution is -0.124. The van der Waals surface area contributed by atoms with Crippen molar-refractivity contribution in [1.29, 1.82) is 0 Å². The molecule has 0 fully saturated rings. The number of nitrogens with one attached hydrogen (secondary N) is 1. The molecule has 0 saturated carbocycles. The van der Waals surface area contributed by atoms with Gasteiger partial charge in [0.1, 0.15) is 17.5 Å². The van der Waals surface area contributed by atoms with Crippen LogP contribution >= 0.6 is 0 Å². The van der Waals surface area contributed by atoms with Crippen molar-refractivity contribution in [3.05, 3.63) is 84.4 Å². The number of carbonyl (C=O) groups is 1. The Bertz CT molecular complexity index is 1150. The van der Waals surface area contributed by atoms with Crippen molar-refractivity contribution in [3.63, 3.8) is 0 Å². The van der Waals surface area contributed by atoms with Gasteiger partial charge in [0.2, 0.25) is 5.91 Å². The van der Waals surface area contributed by atoms with Gasteiger partial charge in [-0.15, -0.1) is 0 Å². The van der Waals surface area contributed by atoms with Crippen LogP contribution in [0.4, 0.5) is 0 Å². The first-order valence-corrected chi connectivity index (χ1v) is 10.2. The highest BCUT2D eigenvalue weighted by molar-refractivity contribution is 5.94. The standard InChI is InChI=1S/C25H25N3O2/c1-3-30-23-16-10-7-13-20(23)17-26-25(29)18(2)28-22-15-9-8-14-21(22)24(27-28)19-11-5-4-6-12-19/h4-16,18H,3,17H2,1-2H3,(H,26,29). The molecule has 1 atom stereocenters. The highest BCUT2D eigenvalue weighted by Gasteiger charge is 2.21. The van der Waals surface area contributed by atoms with Gasteiger partial charge in [-0.1, -0.05) is 66.7 Å². The SMILES string of the molecule is CCOc1ccccc1CNC(=O)C(C)n1nc(-c2ccccc2)c2ccccc21. The Hall–Kier alpha value is -3.60. The van der Waals surface area contributed by atoms with Gasteiger partial charge in [-0.2, -0.15) is 5.10 Å². The summed E-state index contributed by atoms with van der Waals surface area (Å²) in [5.41, 5.74) is 3.81. The van der Waals surface area contributed by atoms with Crippen LogP contribution in [0.25, 0.3) is 22.2 Å². The van der Waals surface area contributed by atoms with Crippen molar-refractivity contribution in [2.75, 3.05) is 6.61 Å². The smallest absolute Gasteiger partial charge is 0.244 e. The molecule has 5 nitrogen and oxygen atoms in total. The number of rotatable bonds is 7. The number of hydrogen-bond acceptors (Lipinski definition) is 3. The van der Waals surface area contributed by atoms with Gasteiger partial charge in [-0.3, -0.25) is 9.48 Å². The maximum Gasteiger partial charge on any atom is 0.244 e. The van der Waals surface area contributed by atoms with Gasteiger partial charge >= 0.3 is 0 Å². The van der Waals surface area contributed by atoms with E-state index in [1.54, 1.807) is 4.68 Å². The van der Waals surface area contributed by atoms with Crippen molar-refractivity contribution >= 4 is 16.8 Å². The van der Waals surface area contributed by atoms with Crippen LogP contribution in [0.15, 0.2) is 78.9 Å². The molecule has 3 aromatic carbocycles. The Labute approximate surface area is 176 Å². The number of benzene rings is 3. The molecule has 0 aliphatic rings. The summed E-state index contributed by atoms with van der Waals surface area (Å²) in [5.74, 6) is 0.707. The van der Waals surface area contributed by atoms with Crippen LogP contribution in [0, 0.1) is 0 Å². The van der Waals surface area contributed by atoms with Crippen molar-refractivity contribution in [3.8, 4) is 17.0 Å². The number of para-hydroxylation sites is 2. The highest BCUT2D eigenvalue weighted by atomic mass is 16.5. The quantitative estimate of drug-likeness (QED) is 0.477. The first-order chi connectivity index (χ1) is 14.7. The molecule has 4 rings (SSSR count). The molecule has 0 radical (unpaired) electrons. The van der Waals surface area contributed by atoms with Crippen molar-refractivity contribution in [1.82, 2.24) is 15.1 Å². The van der Waals surface area contributed by atoms with E-state index in [2.05, 4.69) is 5.32 Å². The molecule has 1 aromatic heterocycles. The second-order valence-corrected chi connectivity index (χ2v) is 7.11. The third-order valence-corrected chi connectivity index (χ3v) is 5.13. The average molecular weight is 399 g/mol. The highest BCUT2D eigenvalue weighted by Crippen LogP contribution is 2.29. The number of carbonyl (C=O) groups excluding carboxylic acids is 1. The monoisotopic (exact) mass is 399 g/mol. The first-order valence-electron chi connectivity index (χ1n) is 10.2. The number of nitrogens with zero attached hydrogens (tertiary/aromatic N) is 2. The molecule has 0 aliphatic heterocycles. The van der Waals surface area contributed by atoms with E-state index in [4.69, 9.17) is 9.84 Å². The number of amides is 1. The van der Waals surface area contributed by atoms with E-state index in [0.717, 1.165) is 33.5 Å². The molecular formula is C25H25N3O2. The normalized spacial score (nSPS) is 11.9. The van der Waals surface area contributed by atoms with Gasteiger partial charge < -0.3 is 10.1 Å². The summed E-state index contributed by atoms with van der Waals surface area (Å²) >= 11 is 0. The number of fused-ring (bicyclic) bond motifs is 1. The van der Waals surface area contributed by atoms with Crippen LogP contribution in [-0.2, 0) is 11.3 Å². The van der Waals surface area contributed by atoms with E-state index in [9.17, 15) is 4.79 Å². The van der Waals surface area contributed by atoms with Crippen LogP contribution in [-0.4, -0.2) is 22.3 Å². The summed E-state index contributed by atoms with van der Waals surface area (Å²) in [7, 11) is 0. The van der Waals surface area contributed by atoms with Crippen LogP contribution in [0.1, 0.15) is 25.5 Å². The average Bonchev–Trinajstić information content (AvgIpc) is 3.18. The van der Waals surface area contributed by atoms with Gasteiger partial charge in [-0.25, -0.2) is 0 Å². The Morgan fingerprint density at radius 2 is 1.70 bits per heavy atom. The molecular weight excluding hydrogens is 374 g/mol. The van der Waals surface area contributed by atoms with E-state index in [0.29, 0.717) is 13.2 Å². The Balaban J connectivity index is 1.59. The zero-order chi connectivity index (χ0) is 20.9. The maximum atomic E-state index is 13.0. The minimum absolute atomic E-state index is 0.0887. The second-order valence-electron chi connectivity index (χ2n) is 7.11. The van der Waals surface area contributed by atoms with E-state index in [1.807, 2.05) is 92.7 Å². The van der Waals surface area contributed by atoms with E-state index < -0.39 is 6.04 Å². The molecule has 0 spiro atoms. The second kappa shape index (κ2) is 8.82. The zero-order valence-corrected chi connectivity index (χ0v) is 17.2. The summed E-state index contributed by atoms with van der Waals surface area (Å²) in [4.78, 5) is 13.0. The van der Waals surface area contributed by atoms with E-state index in [1.165, 1.54) is 0 Å². The molecule has 1 N–H and O–H groups in total. The predicted molar refractivity (Wildman–Crippen MR) is 119 cm³/mol. The number of aromatic nitrogens is 2. The van der Waals surface area contributed by atoms with Crippen molar-refractivity contribution < 1.29 is 9.53 Å². The summed E-state index contributed by atoms with van der Waals surface area (Å²) in [6.07, 6.45) is 0. The van der Waals surface area contributed by atoms with Crippen LogP contribution in [0.3, 0.4) is 0 Å². The Morgan fingerprint density at radius 3 is 2.50 bits per heavy atom. The third kappa shape index (κ3) is 3.92. The van der Waals surface area contributed by atoms with Gasteiger partial charge in [0.05, 0.1) is 12.1 Å². The summed E-state index contributed by atoms with van der Waals surface area (Å²) in [6.45, 7) is 4.82. The van der Waals surface area contributed by atoms with E-state index >= 15 is 0 Å². The largest absolute Gasteiger partial charge is 0.494 e. The molecule has 5 heteroatoms. The van der Waals surface area contributed by atoms with Gasteiger partial charge in [0.25, 0.3) is 0 Å². The fraction of sp³-hybridized carbons (Fsp3) is 0.200. The minimum Gasteiger partial charge on any atom is -0.494 e. The fourth-order valence-corrected chi connectivity index (χ4v) is 3.58. The lowest BCUT2D eigenvalue weighted by atomic mass is 10.1. The molecule has 0 bridgehead atoms. The Morgan fingerprint density at radius 1 is 1.00 bits per heavy atom. The lowest BCUT2D eigenvalue weighted by Crippen LogP contribution is -2.31. The summed E-state index contributed by atoms with van der Waals surface area (Å²) in [6, 6.07) is 25.4. The molecule has 4 aromatic rings. The van der Waals surface area contributed by atoms with Crippen LogP contribution in [0.5, 0.6) is 5.75 Å². The Kier molecular flexibility index (Phi) is 5.80. The zero-order valence-electron chi connectivity index (χ0n) is 17.2. The van der Waals surface area contributed by atoms with Crippen LogP contribution < -0.4 is 10.1 Å². The van der Waals surface area contributed by atoms with Gasteiger partial charge in [0, 0.05) is 23.1 Å². The van der Waals surface area contributed by atoms with Gasteiger partial charge in [0.15, 0.2) is 0 Å². The topological polar surface area (TPSA) is 56.1 Å². The summed E-state index contributed by atoms with van der Waals surface area (Å²) in [5, 5.41) is 8.88. The third-order valence-electron chi connectivity index (χ3n) is 5.13. The number of hydrogen-bond donors (Lipinski definition) is 1.